The Morgan fingerprint density at radius 1 is 1.40 bits per heavy atom. The fourth-order valence-corrected chi connectivity index (χ4v) is 3.25. The maximum Gasteiger partial charge on any atom is 0.193 e. The summed E-state index contributed by atoms with van der Waals surface area (Å²) < 4.78 is 7.60. The maximum absolute atomic E-state index is 5.76. The number of ether oxygens (including phenoxy) is 1. The number of piperidine rings is 1. The van der Waals surface area contributed by atoms with Crippen molar-refractivity contribution in [3.8, 4) is 0 Å². The van der Waals surface area contributed by atoms with Crippen LogP contribution in [0.15, 0.2) is 17.4 Å². The second-order valence-corrected chi connectivity index (χ2v) is 6.76. The normalized spacial score (nSPS) is 18.0. The van der Waals surface area contributed by atoms with Crippen LogP contribution in [0.25, 0.3) is 0 Å². The average Bonchev–Trinajstić information content (AvgIpc) is 3.01. The highest BCUT2D eigenvalue weighted by Gasteiger charge is 2.22. The van der Waals surface area contributed by atoms with Crippen LogP contribution in [-0.4, -0.2) is 78.5 Å². The van der Waals surface area contributed by atoms with E-state index in [0.717, 1.165) is 45.0 Å². The lowest BCUT2D eigenvalue weighted by Gasteiger charge is -2.34. The number of rotatable bonds is 7. The molecule has 1 aromatic rings. The van der Waals surface area contributed by atoms with Crippen molar-refractivity contribution in [1.82, 2.24) is 24.9 Å². The molecule has 2 heterocycles. The fraction of sp³-hybridized carbons (Fsp3) is 0.778. The van der Waals surface area contributed by atoms with Gasteiger partial charge in [0, 0.05) is 45.0 Å². The summed E-state index contributed by atoms with van der Waals surface area (Å²) >= 11 is 0. The number of guanidine groups is 1. The zero-order chi connectivity index (χ0) is 18.2. The van der Waals surface area contributed by atoms with Crippen LogP contribution in [-0.2, 0) is 11.8 Å². The minimum Gasteiger partial charge on any atom is -0.378 e. The highest BCUT2D eigenvalue weighted by molar-refractivity contribution is 5.80. The average molecular weight is 351 g/mol. The topological polar surface area (TPSA) is 57.9 Å². The van der Waals surface area contributed by atoms with E-state index in [4.69, 9.17) is 9.73 Å². The van der Waals surface area contributed by atoms with E-state index in [9.17, 15) is 0 Å². The van der Waals surface area contributed by atoms with Crippen molar-refractivity contribution >= 4 is 5.96 Å². The Morgan fingerprint density at radius 3 is 2.64 bits per heavy atom. The first-order valence-electron chi connectivity index (χ1n) is 9.35. The molecule has 0 spiro atoms. The number of hydrogen-bond acceptors (Lipinski definition) is 4. The molecule has 25 heavy (non-hydrogen) atoms. The van der Waals surface area contributed by atoms with E-state index < -0.39 is 0 Å². The van der Waals surface area contributed by atoms with Gasteiger partial charge in [0.05, 0.1) is 24.9 Å². The summed E-state index contributed by atoms with van der Waals surface area (Å²) in [5.41, 5.74) is 1.20. The summed E-state index contributed by atoms with van der Waals surface area (Å²) in [6.45, 7) is 8.57. The van der Waals surface area contributed by atoms with E-state index in [-0.39, 0.29) is 6.04 Å². The Hall–Kier alpha value is -1.60. The lowest BCUT2D eigenvalue weighted by Crippen LogP contribution is -2.47. The Bertz CT molecular complexity index is 533. The Labute approximate surface area is 152 Å². The van der Waals surface area contributed by atoms with Gasteiger partial charge in [-0.1, -0.05) is 0 Å². The van der Waals surface area contributed by atoms with E-state index in [0.29, 0.717) is 12.6 Å². The third kappa shape index (κ3) is 5.71. The van der Waals surface area contributed by atoms with Crippen molar-refractivity contribution in [3.05, 3.63) is 18.0 Å². The molecule has 1 aliphatic heterocycles. The zero-order valence-corrected chi connectivity index (χ0v) is 16.4. The van der Waals surface area contributed by atoms with Gasteiger partial charge in [0.2, 0.25) is 0 Å². The number of likely N-dealkylation sites (tertiary alicyclic amines) is 1. The lowest BCUT2D eigenvalue weighted by atomic mass is 10.1. The molecule has 1 fully saturated rings. The number of nitrogens with zero attached hydrogens (tertiary/aromatic N) is 5. The first-order valence-corrected chi connectivity index (χ1v) is 9.35. The number of aliphatic imine (C=N–C) groups is 1. The van der Waals surface area contributed by atoms with Crippen molar-refractivity contribution in [2.45, 2.75) is 38.8 Å². The molecule has 7 heteroatoms. The Morgan fingerprint density at radius 2 is 2.12 bits per heavy atom. The second kappa shape index (κ2) is 9.77. The van der Waals surface area contributed by atoms with Crippen LogP contribution in [0, 0.1) is 0 Å². The molecule has 0 aromatic carbocycles. The van der Waals surface area contributed by atoms with Crippen molar-refractivity contribution in [2.24, 2.45) is 12.0 Å². The van der Waals surface area contributed by atoms with Crippen LogP contribution in [0.1, 0.15) is 38.3 Å². The number of aromatic nitrogens is 2. The second-order valence-electron chi connectivity index (χ2n) is 6.76. The largest absolute Gasteiger partial charge is 0.378 e. The standard InChI is InChI=1S/C18H34N6O/c1-6-19-18(24-10-8-16(9-11-24)25-7-2)20-13-17(22(3)4)15-12-21-23(5)14-15/h12,14,16-17H,6-11,13H2,1-5H3,(H,19,20). The molecule has 1 saturated heterocycles. The van der Waals surface area contributed by atoms with Crippen molar-refractivity contribution in [1.29, 1.82) is 0 Å². The van der Waals surface area contributed by atoms with Crippen LogP contribution in [0.4, 0.5) is 0 Å². The highest BCUT2D eigenvalue weighted by Crippen LogP contribution is 2.18. The zero-order valence-electron chi connectivity index (χ0n) is 16.4. The van der Waals surface area contributed by atoms with Crippen molar-refractivity contribution in [3.63, 3.8) is 0 Å². The summed E-state index contributed by atoms with van der Waals surface area (Å²) in [7, 11) is 6.13. The predicted molar refractivity (Wildman–Crippen MR) is 102 cm³/mol. The van der Waals surface area contributed by atoms with E-state index in [1.165, 1.54) is 5.56 Å². The predicted octanol–water partition coefficient (Wildman–Crippen LogP) is 1.49. The number of aryl methyl sites for hydroxylation is 1. The smallest absolute Gasteiger partial charge is 0.193 e. The molecule has 142 valence electrons. The molecule has 2 rings (SSSR count). The molecule has 1 aromatic heterocycles. The molecule has 1 unspecified atom stereocenters. The first kappa shape index (κ1) is 19.7. The number of hydrogen-bond donors (Lipinski definition) is 1. The summed E-state index contributed by atoms with van der Waals surface area (Å²) in [5, 5.41) is 7.75. The monoisotopic (exact) mass is 350 g/mol. The van der Waals surface area contributed by atoms with E-state index in [1.54, 1.807) is 0 Å². The van der Waals surface area contributed by atoms with Gasteiger partial charge in [-0.3, -0.25) is 9.67 Å². The van der Waals surface area contributed by atoms with Crippen LogP contribution >= 0.6 is 0 Å². The van der Waals surface area contributed by atoms with Gasteiger partial charge in [0.25, 0.3) is 0 Å². The quantitative estimate of drug-likeness (QED) is 0.596. The molecular weight excluding hydrogens is 316 g/mol. The minimum absolute atomic E-state index is 0.225. The molecule has 0 bridgehead atoms. The van der Waals surface area contributed by atoms with Crippen molar-refractivity contribution in [2.75, 3.05) is 46.9 Å². The highest BCUT2D eigenvalue weighted by atomic mass is 16.5. The van der Waals surface area contributed by atoms with Crippen LogP contribution < -0.4 is 5.32 Å². The van der Waals surface area contributed by atoms with Gasteiger partial charge in [0.15, 0.2) is 5.96 Å². The minimum atomic E-state index is 0.225. The summed E-state index contributed by atoms with van der Waals surface area (Å²) in [6, 6.07) is 0.225. The summed E-state index contributed by atoms with van der Waals surface area (Å²) in [4.78, 5) is 9.48. The summed E-state index contributed by atoms with van der Waals surface area (Å²) in [5.74, 6) is 1.01. The van der Waals surface area contributed by atoms with Gasteiger partial charge in [-0.2, -0.15) is 5.10 Å². The molecule has 7 nitrogen and oxygen atoms in total. The first-order chi connectivity index (χ1) is 12.0. The van der Waals surface area contributed by atoms with Gasteiger partial charge in [-0.15, -0.1) is 0 Å². The van der Waals surface area contributed by atoms with Crippen LogP contribution in [0.5, 0.6) is 0 Å². The van der Waals surface area contributed by atoms with Gasteiger partial charge in [0.1, 0.15) is 0 Å². The van der Waals surface area contributed by atoms with E-state index in [2.05, 4.69) is 54.4 Å². The SMILES string of the molecule is CCNC(=NCC(c1cnn(C)c1)N(C)C)N1CCC(OCC)CC1. The molecule has 1 aliphatic rings. The van der Waals surface area contributed by atoms with Gasteiger partial charge in [-0.25, -0.2) is 0 Å². The molecule has 0 aliphatic carbocycles. The van der Waals surface area contributed by atoms with Crippen LogP contribution in [0.2, 0.25) is 0 Å². The number of likely N-dealkylation sites (N-methyl/N-ethyl adjacent to an activating group) is 1. The Balaban J connectivity index is 2.02. The Kier molecular flexibility index (Phi) is 7.71. The van der Waals surface area contributed by atoms with E-state index >= 15 is 0 Å². The molecule has 0 amide bonds. The third-order valence-electron chi connectivity index (χ3n) is 4.63. The van der Waals surface area contributed by atoms with Crippen molar-refractivity contribution < 1.29 is 4.74 Å². The van der Waals surface area contributed by atoms with Gasteiger partial charge >= 0.3 is 0 Å². The molecular formula is C18H34N6O. The van der Waals surface area contributed by atoms with Gasteiger partial charge < -0.3 is 19.9 Å². The van der Waals surface area contributed by atoms with E-state index in [1.807, 2.05) is 17.9 Å². The summed E-state index contributed by atoms with van der Waals surface area (Å²) in [6.07, 6.45) is 6.53. The molecule has 1 N–H and O–H groups in total. The molecule has 1 atom stereocenters. The maximum atomic E-state index is 5.76. The fourth-order valence-electron chi connectivity index (χ4n) is 3.25. The lowest BCUT2D eigenvalue weighted by molar-refractivity contribution is 0.0263. The molecule has 0 saturated carbocycles. The van der Waals surface area contributed by atoms with Crippen LogP contribution in [0.3, 0.4) is 0 Å². The third-order valence-corrected chi connectivity index (χ3v) is 4.63. The molecule has 0 radical (unpaired) electrons. The number of nitrogens with one attached hydrogen (secondary N) is 1. The van der Waals surface area contributed by atoms with Gasteiger partial charge in [-0.05, 0) is 40.8 Å².